The van der Waals surface area contributed by atoms with Crippen LogP contribution in [0, 0.1) is 5.92 Å². The van der Waals surface area contributed by atoms with Gasteiger partial charge in [0.15, 0.2) is 11.0 Å². The second-order valence-electron chi connectivity index (χ2n) is 7.73. The maximum atomic E-state index is 11.7. The number of anilines is 1. The minimum Gasteiger partial charge on any atom is -0.494 e. The molecule has 0 aliphatic carbocycles. The highest BCUT2D eigenvalue weighted by Crippen LogP contribution is 2.42. The van der Waals surface area contributed by atoms with Crippen LogP contribution in [0.4, 0.5) is 5.82 Å². The normalized spacial score (nSPS) is 23.1. The first-order chi connectivity index (χ1) is 14.1. The van der Waals surface area contributed by atoms with Crippen LogP contribution in [0.2, 0.25) is 5.15 Å². The molecule has 0 spiro atoms. The van der Waals surface area contributed by atoms with Crippen LogP contribution in [0.1, 0.15) is 49.4 Å². The highest BCUT2D eigenvalue weighted by atomic mass is 35.5. The van der Waals surface area contributed by atoms with Crippen molar-refractivity contribution in [1.29, 1.82) is 0 Å². The van der Waals surface area contributed by atoms with Crippen LogP contribution < -0.4 is 9.64 Å². The van der Waals surface area contributed by atoms with E-state index < -0.39 is 0 Å². The van der Waals surface area contributed by atoms with Crippen LogP contribution in [-0.4, -0.2) is 41.5 Å². The average molecular weight is 416 g/mol. The van der Waals surface area contributed by atoms with Crippen molar-refractivity contribution >= 4 is 23.4 Å². The number of halogens is 1. The number of carbonyl (C=O) groups excluding carboxylic acids is 1. The molecular formula is C22H26ClN3O3. The molecule has 0 radical (unpaired) electrons. The van der Waals surface area contributed by atoms with Crippen molar-refractivity contribution in [3.63, 3.8) is 0 Å². The first kappa shape index (κ1) is 20.0. The van der Waals surface area contributed by atoms with E-state index in [0.717, 1.165) is 30.8 Å². The van der Waals surface area contributed by atoms with E-state index in [4.69, 9.17) is 21.1 Å². The minimum atomic E-state index is -0.299. The second-order valence-corrected chi connectivity index (χ2v) is 8.11. The van der Waals surface area contributed by atoms with Gasteiger partial charge in [0.05, 0.1) is 18.8 Å². The van der Waals surface area contributed by atoms with Gasteiger partial charge in [0.2, 0.25) is 0 Å². The average Bonchev–Trinajstić information content (AvgIpc) is 2.99. The van der Waals surface area contributed by atoms with E-state index in [1.807, 2.05) is 24.3 Å². The summed E-state index contributed by atoms with van der Waals surface area (Å²) in [6, 6.07) is 12.0. The van der Waals surface area contributed by atoms with Crippen LogP contribution in [0.15, 0.2) is 36.4 Å². The summed E-state index contributed by atoms with van der Waals surface area (Å²) < 4.78 is 10.9. The third kappa shape index (κ3) is 4.64. The molecule has 4 rings (SSSR count). The molecule has 2 aliphatic heterocycles. The van der Waals surface area contributed by atoms with E-state index >= 15 is 0 Å². The zero-order chi connectivity index (χ0) is 20.2. The van der Waals surface area contributed by atoms with Gasteiger partial charge < -0.3 is 14.4 Å². The molecule has 154 valence electrons. The maximum Gasteiger partial charge on any atom is 0.338 e. The van der Waals surface area contributed by atoms with Gasteiger partial charge in [-0.3, -0.25) is 0 Å². The Hall–Kier alpha value is -2.34. The molecular weight excluding hydrogens is 390 g/mol. The Morgan fingerprint density at radius 3 is 2.45 bits per heavy atom. The van der Waals surface area contributed by atoms with Crippen LogP contribution >= 0.6 is 11.6 Å². The van der Waals surface area contributed by atoms with Gasteiger partial charge in [-0.1, -0.05) is 11.6 Å². The van der Waals surface area contributed by atoms with Gasteiger partial charge >= 0.3 is 5.97 Å². The molecule has 2 unspecified atom stereocenters. The minimum absolute atomic E-state index is 0.299. The van der Waals surface area contributed by atoms with E-state index in [9.17, 15) is 4.79 Å². The van der Waals surface area contributed by atoms with Crippen molar-refractivity contribution in [2.24, 2.45) is 5.92 Å². The molecule has 2 saturated heterocycles. The van der Waals surface area contributed by atoms with Gasteiger partial charge in [-0.15, -0.1) is 10.2 Å². The Morgan fingerprint density at radius 1 is 1.10 bits per heavy atom. The SMILES string of the molecule is CCOC(=O)c1ccc(OCCC2CC3CCC(C2)N3c2ccc(Cl)nn2)cc1. The van der Waals surface area contributed by atoms with E-state index in [-0.39, 0.29) is 5.97 Å². The fraction of sp³-hybridized carbons (Fsp3) is 0.500. The standard InChI is InChI=1S/C22H26ClN3O3/c1-2-28-22(27)16-3-7-19(8-4-16)29-12-11-15-13-17-5-6-18(14-15)26(17)21-10-9-20(23)24-25-21/h3-4,7-10,15,17-18H,2,5-6,11-14H2,1H3. The molecule has 6 nitrogen and oxygen atoms in total. The summed E-state index contributed by atoms with van der Waals surface area (Å²) in [7, 11) is 0. The highest BCUT2D eigenvalue weighted by Gasteiger charge is 2.41. The predicted molar refractivity (Wildman–Crippen MR) is 112 cm³/mol. The Bertz CT molecular complexity index is 814. The van der Waals surface area contributed by atoms with Gasteiger partial charge in [0, 0.05) is 12.1 Å². The molecule has 2 fully saturated rings. The Labute approximate surface area is 176 Å². The third-order valence-electron chi connectivity index (χ3n) is 5.87. The van der Waals surface area contributed by atoms with E-state index in [1.165, 1.54) is 12.8 Å². The van der Waals surface area contributed by atoms with Gasteiger partial charge in [-0.2, -0.15) is 0 Å². The van der Waals surface area contributed by atoms with Gasteiger partial charge in [0.1, 0.15) is 5.75 Å². The molecule has 3 heterocycles. The summed E-state index contributed by atoms with van der Waals surface area (Å²) in [5.74, 6) is 2.09. The van der Waals surface area contributed by atoms with Crippen LogP contribution in [0.25, 0.3) is 0 Å². The molecule has 2 aromatic rings. The maximum absolute atomic E-state index is 11.7. The molecule has 0 amide bonds. The number of carbonyl (C=O) groups is 1. The summed E-state index contributed by atoms with van der Waals surface area (Å²) in [4.78, 5) is 14.1. The van der Waals surface area contributed by atoms with Crippen molar-refractivity contribution in [1.82, 2.24) is 10.2 Å². The lowest BCUT2D eigenvalue weighted by Gasteiger charge is -2.39. The quantitative estimate of drug-likeness (QED) is 0.619. The van der Waals surface area contributed by atoms with E-state index in [2.05, 4.69) is 15.1 Å². The zero-order valence-corrected chi connectivity index (χ0v) is 17.3. The molecule has 0 saturated carbocycles. The van der Waals surface area contributed by atoms with Crippen molar-refractivity contribution in [3.05, 3.63) is 47.1 Å². The van der Waals surface area contributed by atoms with E-state index in [0.29, 0.717) is 41.9 Å². The smallest absolute Gasteiger partial charge is 0.338 e. The molecule has 29 heavy (non-hydrogen) atoms. The van der Waals surface area contributed by atoms with E-state index in [1.54, 1.807) is 19.1 Å². The summed E-state index contributed by atoms with van der Waals surface area (Å²) >= 11 is 5.88. The number of fused-ring (bicyclic) bond motifs is 2. The monoisotopic (exact) mass is 415 g/mol. The van der Waals surface area contributed by atoms with Crippen molar-refractivity contribution in [3.8, 4) is 5.75 Å². The highest BCUT2D eigenvalue weighted by molar-refractivity contribution is 6.29. The lowest BCUT2D eigenvalue weighted by Crippen LogP contribution is -2.43. The molecule has 1 aromatic carbocycles. The molecule has 0 N–H and O–H groups in total. The second kappa shape index (κ2) is 8.99. The predicted octanol–water partition coefficient (Wildman–Crippen LogP) is 4.52. The van der Waals surface area contributed by atoms with Crippen LogP contribution in [0.5, 0.6) is 5.75 Å². The number of benzene rings is 1. The molecule has 2 atom stereocenters. The van der Waals surface area contributed by atoms with Crippen molar-refractivity contribution in [2.75, 3.05) is 18.1 Å². The number of hydrogen-bond acceptors (Lipinski definition) is 6. The summed E-state index contributed by atoms with van der Waals surface area (Å²) in [6.45, 7) is 2.86. The first-order valence-electron chi connectivity index (χ1n) is 10.3. The third-order valence-corrected chi connectivity index (χ3v) is 6.08. The Kier molecular flexibility index (Phi) is 6.19. The number of nitrogens with zero attached hydrogens (tertiary/aromatic N) is 3. The largest absolute Gasteiger partial charge is 0.494 e. The molecule has 7 heteroatoms. The van der Waals surface area contributed by atoms with Gasteiger partial charge in [0.25, 0.3) is 0 Å². The topological polar surface area (TPSA) is 64.6 Å². The fourth-order valence-electron chi connectivity index (χ4n) is 4.59. The number of rotatable bonds is 7. The lowest BCUT2D eigenvalue weighted by molar-refractivity contribution is 0.0526. The lowest BCUT2D eigenvalue weighted by atomic mass is 9.88. The van der Waals surface area contributed by atoms with Crippen LogP contribution in [0.3, 0.4) is 0 Å². The number of ether oxygens (including phenoxy) is 2. The Balaban J connectivity index is 1.27. The first-order valence-corrected chi connectivity index (χ1v) is 10.7. The van der Waals surface area contributed by atoms with Gasteiger partial charge in [-0.25, -0.2) is 4.79 Å². The summed E-state index contributed by atoms with van der Waals surface area (Å²) in [6.07, 6.45) is 5.77. The van der Waals surface area contributed by atoms with Crippen molar-refractivity contribution in [2.45, 2.75) is 51.1 Å². The number of aromatic nitrogens is 2. The molecule has 2 bridgehead atoms. The van der Waals surface area contributed by atoms with Crippen molar-refractivity contribution < 1.29 is 14.3 Å². The summed E-state index contributed by atoms with van der Waals surface area (Å²) in [5, 5.41) is 8.73. The molecule has 1 aromatic heterocycles. The van der Waals surface area contributed by atoms with Crippen LogP contribution in [-0.2, 0) is 4.74 Å². The number of esters is 1. The Morgan fingerprint density at radius 2 is 1.83 bits per heavy atom. The number of hydrogen-bond donors (Lipinski definition) is 0. The number of piperidine rings is 1. The molecule has 2 aliphatic rings. The zero-order valence-electron chi connectivity index (χ0n) is 16.6. The fourth-order valence-corrected chi connectivity index (χ4v) is 4.69. The van der Waals surface area contributed by atoms with Gasteiger partial charge in [-0.05, 0) is 81.3 Å². The summed E-state index contributed by atoms with van der Waals surface area (Å²) in [5.41, 5.74) is 0.549.